The molecule has 0 spiro atoms. The number of methoxy groups -OCH3 is 1. The van der Waals surface area contributed by atoms with Crippen molar-refractivity contribution in [3.8, 4) is 11.5 Å². The predicted octanol–water partition coefficient (Wildman–Crippen LogP) is 0.660. The Labute approximate surface area is 87.3 Å². The van der Waals surface area contributed by atoms with Crippen LogP contribution in [0.3, 0.4) is 0 Å². The summed E-state index contributed by atoms with van der Waals surface area (Å²) in [7, 11) is 3.51. The van der Waals surface area contributed by atoms with Gasteiger partial charge in [0.25, 0.3) is 0 Å². The summed E-state index contributed by atoms with van der Waals surface area (Å²) in [4.78, 5) is 4.26. The lowest BCUT2D eigenvalue weighted by Crippen LogP contribution is -1.92. The summed E-state index contributed by atoms with van der Waals surface area (Å²) in [5, 5.41) is 11.2. The van der Waals surface area contributed by atoms with Gasteiger partial charge in [-0.1, -0.05) is 0 Å². The van der Waals surface area contributed by atoms with E-state index in [-0.39, 0.29) is 0 Å². The lowest BCUT2D eigenvalue weighted by Gasteiger charge is -1.89. The molecule has 1 N–H and O–H groups in total. The van der Waals surface area contributed by atoms with Gasteiger partial charge < -0.3 is 4.74 Å². The van der Waals surface area contributed by atoms with Crippen LogP contribution in [0.1, 0.15) is 11.5 Å². The fourth-order valence-electron chi connectivity index (χ4n) is 1.28. The minimum Gasteiger partial charge on any atom is -0.377 e. The molecule has 2 rings (SSSR count). The minimum absolute atomic E-state index is 0.429. The van der Waals surface area contributed by atoms with E-state index in [0.29, 0.717) is 18.3 Å². The van der Waals surface area contributed by atoms with Gasteiger partial charge in [-0.25, -0.2) is 4.98 Å². The summed E-state index contributed by atoms with van der Waals surface area (Å²) in [6.07, 6.45) is 0. The second kappa shape index (κ2) is 3.82. The number of ether oxygens (including phenoxy) is 1. The average molecular weight is 207 g/mol. The summed E-state index contributed by atoms with van der Waals surface area (Å²) in [6, 6.07) is 1.94. The summed E-state index contributed by atoms with van der Waals surface area (Å²) >= 11 is 0. The third kappa shape index (κ3) is 1.89. The van der Waals surface area contributed by atoms with E-state index >= 15 is 0 Å². The molecule has 0 fully saturated rings. The van der Waals surface area contributed by atoms with Crippen LogP contribution < -0.4 is 0 Å². The number of aryl methyl sites for hydroxylation is 2. The van der Waals surface area contributed by atoms with E-state index in [2.05, 4.69) is 20.3 Å². The first kappa shape index (κ1) is 9.85. The lowest BCUT2D eigenvalue weighted by molar-refractivity contribution is 0.178. The molecule has 0 amide bonds. The molecule has 0 unspecified atom stereocenters. The number of nitrogens with one attached hydrogen (secondary N) is 1. The van der Waals surface area contributed by atoms with E-state index in [1.54, 1.807) is 11.8 Å². The van der Waals surface area contributed by atoms with E-state index < -0.39 is 0 Å². The van der Waals surface area contributed by atoms with Crippen LogP contribution in [0, 0.1) is 6.92 Å². The van der Waals surface area contributed by atoms with Gasteiger partial charge >= 0.3 is 0 Å². The summed E-state index contributed by atoms with van der Waals surface area (Å²) < 4.78 is 6.74. The van der Waals surface area contributed by atoms with Crippen molar-refractivity contribution in [2.75, 3.05) is 7.11 Å². The number of aromatic amines is 1. The molecule has 15 heavy (non-hydrogen) atoms. The number of hydrogen-bond donors (Lipinski definition) is 1. The van der Waals surface area contributed by atoms with Gasteiger partial charge in [0, 0.05) is 19.9 Å². The molecule has 0 saturated heterocycles. The van der Waals surface area contributed by atoms with Crippen LogP contribution in [0.5, 0.6) is 0 Å². The van der Waals surface area contributed by atoms with Crippen molar-refractivity contribution < 1.29 is 4.74 Å². The fraction of sp³-hybridized carbons (Fsp3) is 0.444. The van der Waals surface area contributed by atoms with Gasteiger partial charge in [0.15, 0.2) is 5.82 Å². The molecule has 0 aliphatic carbocycles. The zero-order valence-electron chi connectivity index (χ0n) is 8.98. The number of nitrogens with zero attached hydrogens (tertiary/aromatic N) is 4. The lowest BCUT2D eigenvalue weighted by atomic mass is 10.3. The predicted molar refractivity (Wildman–Crippen MR) is 54.0 cm³/mol. The maximum atomic E-state index is 4.95. The first-order chi connectivity index (χ1) is 7.20. The van der Waals surface area contributed by atoms with E-state index in [9.17, 15) is 0 Å². The maximum Gasteiger partial charge on any atom is 0.201 e. The Bertz CT molecular complexity index is 439. The molecular weight excluding hydrogens is 194 g/mol. The van der Waals surface area contributed by atoms with Crippen molar-refractivity contribution >= 4 is 0 Å². The number of H-pyrrole nitrogens is 1. The van der Waals surface area contributed by atoms with E-state index in [1.807, 2.05) is 20.0 Å². The second-order valence-electron chi connectivity index (χ2n) is 3.33. The molecule has 0 aromatic carbocycles. The summed E-state index contributed by atoms with van der Waals surface area (Å²) in [5.41, 5.74) is 1.84. The molecule has 2 heterocycles. The Hall–Kier alpha value is -1.69. The largest absolute Gasteiger partial charge is 0.377 e. The Morgan fingerprint density at radius 2 is 2.33 bits per heavy atom. The molecule has 0 saturated carbocycles. The Morgan fingerprint density at radius 1 is 1.53 bits per heavy atom. The van der Waals surface area contributed by atoms with Gasteiger partial charge in [-0.05, 0) is 13.0 Å². The Morgan fingerprint density at radius 3 is 2.93 bits per heavy atom. The van der Waals surface area contributed by atoms with Crippen LogP contribution in [-0.4, -0.2) is 32.1 Å². The van der Waals surface area contributed by atoms with Gasteiger partial charge in [0.05, 0.1) is 0 Å². The number of aromatic nitrogens is 5. The fourth-order valence-corrected chi connectivity index (χ4v) is 1.28. The monoisotopic (exact) mass is 207 g/mol. The van der Waals surface area contributed by atoms with Gasteiger partial charge in [-0.3, -0.25) is 9.78 Å². The molecule has 0 radical (unpaired) electrons. The van der Waals surface area contributed by atoms with Gasteiger partial charge in [0.2, 0.25) is 5.82 Å². The molecule has 2 aromatic heterocycles. The molecule has 80 valence electrons. The number of rotatable bonds is 3. The van der Waals surface area contributed by atoms with E-state index in [0.717, 1.165) is 11.4 Å². The molecule has 6 nitrogen and oxygen atoms in total. The van der Waals surface area contributed by atoms with Crippen molar-refractivity contribution in [1.29, 1.82) is 0 Å². The minimum atomic E-state index is 0.429. The zero-order chi connectivity index (χ0) is 10.8. The average Bonchev–Trinajstić information content (AvgIpc) is 2.76. The zero-order valence-corrected chi connectivity index (χ0v) is 8.98. The topological polar surface area (TPSA) is 68.6 Å². The number of hydrogen-bond acceptors (Lipinski definition) is 4. The molecule has 0 aliphatic rings. The highest BCUT2D eigenvalue weighted by Gasteiger charge is 2.09. The van der Waals surface area contributed by atoms with Crippen LogP contribution in [0.2, 0.25) is 0 Å². The molecule has 6 heteroatoms. The third-order valence-corrected chi connectivity index (χ3v) is 2.16. The van der Waals surface area contributed by atoms with Crippen LogP contribution >= 0.6 is 0 Å². The molecular formula is C9H13N5O. The van der Waals surface area contributed by atoms with Gasteiger partial charge in [-0.2, -0.15) is 10.2 Å². The SMILES string of the molecule is COCc1nc(-c2cc(C)n(C)n2)n[nH]1. The standard InChI is InChI=1S/C9H13N5O/c1-6-4-7(13-14(6)2)9-10-8(5-15-3)11-12-9/h4H,5H2,1-3H3,(H,10,11,12). The molecule has 2 aromatic rings. The van der Waals surface area contributed by atoms with Gasteiger partial charge in [0.1, 0.15) is 12.3 Å². The maximum absolute atomic E-state index is 4.95. The summed E-state index contributed by atoms with van der Waals surface area (Å²) in [5.74, 6) is 1.31. The highest BCUT2D eigenvalue weighted by Crippen LogP contribution is 2.13. The van der Waals surface area contributed by atoms with Crippen LogP contribution in [0.4, 0.5) is 0 Å². The molecule has 0 aliphatic heterocycles. The Kier molecular flexibility index (Phi) is 2.51. The quantitative estimate of drug-likeness (QED) is 0.802. The van der Waals surface area contributed by atoms with Crippen molar-refractivity contribution in [3.05, 3.63) is 17.6 Å². The van der Waals surface area contributed by atoms with Crippen molar-refractivity contribution in [3.63, 3.8) is 0 Å². The Balaban J connectivity index is 2.28. The van der Waals surface area contributed by atoms with Crippen LogP contribution in [-0.2, 0) is 18.4 Å². The first-order valence-corrected chi connectivity index (χ1v) is 4.62. The van der Waals surface area contributed by atoms with Crippen LogP contribution in [0.15, 0.2) is 6.07 Å². The third-order valence-electron chi connectivity index (χ3n) is 2.16. The van der Waals surface area contributed by atoms with Crippen LogP contribution in [0.25, 0.3) is 11.5 Å². The highest BCUT2D eigenvalue weighted by atomic mass is 16.5. The first-order valence-electron chi connectivity index (χ1n) is 4.62. The van der Waals surface area contributed by atoms with E-state index in [1.165, 1.54) is 0 Å². The van der Waals surface area contributed by atoms with Crippen molar-refractivity contribution in [2.45, 2.75) is 13.5 Å². The van der Waals surface area contributed by atoms with Crippen molar-refractivity contribution in [1.82, 2.24) is 25.0 Å². The van der Waals surface area contributed by atoms with Crippen molar-refractivity contribution in [2.24, 2.45) is 7.05 Å². The molecule has 0 atom stereocenters. The van der Waals surface area contributed by atoms with E-state index in [4.69, 9.17) is 4.74 Å². The highest BCUT2D eigenvalue weighted by molar-refractivity contribution is 5.48. The smallest absolute Gasteiger partial charge is 0.201 e. The second-order valence-corrected chi connectivity index (χ2v) is 3.33. The normalized spacial score (nSPS) is 10.9. The van der Waals surface area contributed by atoms with Gasteiger partial charge in [-0.15, -0.1) is 0 Å². The summed E-state index contributed by atoms with van der Waals surface area (Å²) in [6.45, 7) is 2.41. The molecule has 0 bridgehead atoms.